The molecule has 290 valence electrons. The SMILES string of the molecule is c1ccc(-c2cccc(-c3ccccc3N(c3cccc(-c4ccc5c6ccccc6c6ccccc6c5c4)c3)c3ccc(-c4ccccc4)c4oc5ccccc5c34)c2)cc1. The topological polar surface area (TPSA) is 16.4 Å². The Morgan fingerprint density at radius 1 is 0.274 bits per heavy atom. The molecule has 12 rings (SSSR count). The molecule has 0 radical (unpaired) electrons. The maximum absolute atomic E-state index is 6.85. The summed E-state index contributed by atoms with van der Waals surface area (Å²) >= 11 is 0. The van der Waals surface area contributed by atoms with Gasteiger partial charge in [0.15, 0.2) is 0 Å². The molecule has 11 aromatic carbocycles. The maximum atomic E-state index is 6.85. The summed E-state index contributed by atoms with van der Waals surface area (Å²) in [6, 6.07) is 85.4. The number of furan rings is 1. The average molecular weight is 790 g/mol. The Bertz CT molecular complexity index is 3600. The van der Waals surface area contributed by atoms with Crippen LogP contribution in [0.4, 0.5) is 17.1 Å². The predicted octanol–water partition coefficient (Wildman–Crippen LogP) is 17.2. The van der Waals surface area contributed by atoms with Gasteiger partial charge in [-0.2, -0.15) is 0 Å². The van der Waals surface area contributed by atoms with Crippen LogP contribution in [0, 0.1) is 0 Å². The highest BCUT2D eigenvalue weighted by Gasteiger charge is 2.24. The van der Waals surface area contributed by atoms with Crippen LogP contribution in [0.15, 0.2) is 241 Å². The largest absolute Gasteiger partial charge is 0.455 e. The van der Waals surface area contributed by atoms with Gasteiger partial charge in [0.25, 0.3) is 0 Å². The highest BCUT2D eigenvalue weighted by molar-refractivity contribution is 6.26. The Kier molecular flexibility index (Phi) is 8.53. The van der Waals surface area contributed by atoms with E-state index >= 15 is 0 Å². The van der Waals surface area contributed by atoms with E-state index in [1.54, 1.807) is 0 Å². The number of hydrogen-bond donors (Lipinski definition) is 0. The van der Waals surface area contributed by atoms with Crippen molar-refractivity contribution >= 4 is 71.3 Å². The van der Waals surface area contributed by atoms with E-state index in [4.69, 9.17) is 4.42 Å². The second kappa shape index (κ2) is 14.8. The summed E-state index contributed by atoms with van der Waals surface area (Å²) in [5.74, 6) is 0. The van der Waals surface area contributed by atoms with Crippen LogP contribution in [-0.4, -0.2) is 0 Å². The number of fused-ring (bicyclic) bond motifs is 9. The zero-order valence-electron chi connectivity index (χ0n) is 33.9. The average Bonchev–Trinajstić information content (AvgIpc) is 3.75. The van der Waals surface area contributed by atoms with E-state index in [1.807, 2.05) is 0 Å². The number of anilines is 3. The molecule has 0 amide bonds. The first-order valence-electron chi connectivity index (χ1n) is 21.3. The van der Waals surface area contributed by atoms with Crippen LogP contribution in [0.3, 0.4) is 0 Å². The van der Waals surface area contributed by atoms with E-state index in [0.717, 1.165) is 66.8 Å². The molecule has 0 N–H and O–H groups in total. The fourth-order valence-electron chi connectivity index (χ4n) is 9.57. The van der Waals surface area contributed by atoms with Crippen molar-refractivity contribution in [1.29, 1.82) is 0 Å². The van der Waals surface area contributed by atoms with E-state index in [-0.39, 0.29) is 0 Å². The van der Waals surface area contributed by atoms with Crippen molar-refractivity contribution in [2.24, 2.45) is 0 Å². The van der Waals surface area contributed by atoms with Crippen molar-refractivity contribution in [2.45, 2.75) is 0 Å². The first-order chi connectivity index (χ1) is 30.8. The number of hydrogen-bond acceptors (Lipinski definition) is 2. The van der Waals surface area contributed by atoms with E-state index in [9.17, 15) is 0 Å². The fraction of sp³-hybridized carbons (Fsp3) is 0. The van der Waals surface area contributed by atoms with Crippen LogP contribution in [-0.2, 0) is 0 Å². The molecule has 62 heavy (non-hydrogen) atoms. The Morgan fingerprint density at radius 3 is 1.55 bits per heavy atom. The quantitative estimate of drug-likeness (QED) is 0.150. The highest BCUT2D eigenvalue weighted by atomic mass is 16.3. The lowest BCUT2D eigenvalue weighted by molar-refractivity contribution is 0.670. The molecule has 12 aromatic rings. The Morgan fingerprint density at radius 2 is 0.806 bits per heavy atom. The molecule has 2 nitrogen and oxygen atoms in total. The first kappa shape index (κ1) is 35.7. The summed E-state index contributed by atoms with van der Waals surface area (Å²) in [5.41, 5.74) is 14.0. The summed E-state index contributed by atoms with van der Waals surface area (Å²) < 4.78 is 6.85. The van der Waals surface area contributed by atoms with Gasteiger partial charge in [-0.15, -0.1) is 0 Å². The van der Waals surface area contributed by atoms with Crippen molar-refractivity contribution in [2.75, 3.05) is 4.90 Å². The third-order valence-corrected chi connectivity index (χ3v) is 12.4. The Hall–Kier alpha value is -8.20. The lowest BCUT2D eigenvalue weighted by atomic mass is 9.92. The van der Waals surface area contributed by atoms with Gasteiger partial charge in [0.2, 0.25) is 0 Å². The number of rotatable bonds is 7. The Labute approximate surface area is 360 Å². The molecule has 0 unspecified atom stereocenters. The molecular weight excluding hydrogens is 751 g/mol. The van der Waals surface area contributed by atoms with E-state index in [2.05, 4.69) is 241 Å². The molecule has 0 aliphatic carbocycles. The minimum atomic E-state index is 0.862. The summed E-state index contributed by atoms with van der Waals surface area (Å²) in [6.45, 7) is 0. The maximum Gasteiger partial charge on any atom is 0.145 e. The third-order valence-electron chi connectivity index (χ3n) is 12.4. The van der Waals surface area contributed by atoms with E-state index in [0.29, 0.717) is 0 Å². The predicted molar refractivity (Wildman–Crippen MR) is 263 cm³/mol. The van der Waals surface area contributed by atoms with Crippen molar-refractivity contribution < 1.29 is 4.42 Å². The molecule has 0 bridgehead atoms. The van der Waals surface area contributed by atoms with Crippen molar-refractivity contribution in [3.63, 3.8) is 0 Å². The van der Waals surface area contributed by atoms with Gasteiger partial charge in [-0.05, 0) is 114 Å². The molecule has 0 spiro atoms. The van der Waals surface area contributed by atoms with Gasteiger partial charge in [0.05, 0.1) is 16.8 Å². The van der Waals surface area contributed by atoms with Crippen LogP contribution in [0.5, 0.6) is 0 Å². The third kappa shape index (κ3) is 5.96. The highest BCUT2D eigenvalue weighted by Crippen LogP contribution is 2.49. The summed E-state index contributed by atoms with van der Waals surface area (Å²) in [5, 5.41) is 9.77. The van der Waals surface area contributed by atoms with Gasteiger partial charge in [0, 0.05) is 22.2 Å². The first-order valence-corrected chi connectivity index (χ1v) is 21.3. The zero-order chi connectivity index (χ0) is 41.0. The summed E-state index contributed by atoms with van der Waals surface area (Å²) in [6.07, 6.45) is 0. The number of para-hydroxylation sites is 2. The van der Waals surface area contributed by atoms with Gasteiger partial charge < -0.3 is 9.32 Å². The molecule has 2 heteroatoms. The number of benzene rings is 11. The fourth-order valence-corrected chi connectivity index (χ4v) is 9.57. The van der Waals surface area contributed by atoms with Crippen LogP contribution in [0.25, 0.3) is 98.8 Å². The molecule has 1 aromatic heterocycles. The van der Waals surface area contributed by atoms with Crippen molar-refractivity contribution in [3.05, 3.63) is 237 Å². The minimum absolute atomic E-state index is 0.862. The normalized spacial score (nSPS) is 11.5. The molecule has 0 fully saturated rings. The summed E-state index contributed by atoms with van der Waals surface area (Å²) in [4.78, 5) is 2.44. The van der Waals surface area contributed by atoms with Crippen LogP contribution in [0.1, 0.15) is 0 Å². The second-order valence-electron chi connectivity index (χ2n) is 16.0. The molecular formula is C60H39NO. The van der Waals surface area contributed by atoms with Crippen molar-refractivity contribution in [3.8, 4) is 44.5 Å². The van der Waals surface area contributed by atoms with Gasteiger partial charge in [-0.1, -0.05) is 188 Å². The van der Waals surface area contributed by atoms with Gasteiger partial charge >= 0.3 is 0 Å². The van der Waals surface area contributed by atoms with Crippen LogP contribution >= 0.6 is 0 Å². The summed E-state index contributed by atoms with van der Waals surface area (Å²) in [7, 11) is 0. The van der Waals surface area contributed by atoms with Gasteiger partial charge in [0.1, 0.15) is 11.2 Å². The second-order valence-corrected chi connectivity index (χ2v) is 16.0. The van der Waals surface area contributed by atoms with E-state index in [1.165, 1.54) is 49.0 Å². The molecule has 0 saturated carbocycles. The molecule has 0 aliphatic heterocycles. The van der Waals surface area contributed by atoms with Crippen LogP contribution < -0.4 is 4.90 Å². The smallest absolute Gasteiger partial charge is 0.145 e. The lowest BCUT2D eigenvalue weighted by Crippen LogP contribution is -2.12. The van der Waals surface area contributed by atoms with E-state index < -0.39 is 0 Å². The standard InChI is InChI=1S/C60H39NO/c1-3-17-40(18-4-1)42-21-15-23-45(37-42)47-25-11-13-31-56(47)61(57-36-35-48(41-19-5-2-6-20-41)60-59(57)54-30-12-14-32-58(54)62-60)46-24-16-22-43(38-46)44-33-34-53-51-28-8-7-26-49(51)50-27-9-10-29-52(50)55(53)39-44/h1-39H. The monoisotopic (exact) mass is 789 g/mol. The van der Waals surface area contributed by atoms with Crippen LogP contribution in [0.2, 0.25) is 0 Å². The number of nitrogens with zero attached hydrogens (tertiary/aromatic N) is 1. The minimum Gasteiger partial charge on any atom is -0.455 e. The van der Waals surface area contributed by atoms with Gasteiger partial charge in [-0.25, -0.2) is 0 Å². The molecule has 0 aliphatic rings. The Balaban J connectivity index is 1.11. The molecule has 0 saturated heterocycles. The van der Waals surface area contributed by atoms with Crippen molar-refractivity contribution in [1.82, 2.24) is 0 Å². The van der Waals surface area contributed by atoms with Gasteiger partial charge in [-0.3, -0.25) is 0 Å². The lowest BCUT2D eigenvalue weighted by Gasteiger charge is -2.29. The zero-order valence-corrected chi connectivity index (χ0v) is 33.9. The molecule has 0 atom stereocenters. The molecule has 1 heterocycles.